The van der Waals surface area contributed by atoms with Gasteiger partial charge in [0.2, 0.25) is 0 Å². The highest BCUT2D eigenvalue weighted by atomic mass is 35.5. The Balaban J connectivity index is 1.97. The normalized spacial score (nSPS) is 28.6. The largest absolute Gasteiger partial charge is 0.330 e. The summed E-state index contributed by atoms with van der Waals surface area (Å²) in [6, 6.07) is 5.60. The molecule has 1 aliphatic heterocycles. The molecule has 0 spiro atoms. The lowest BCUT2D eigenvalue weighted by molar-refractivity contribution is 0.0853. The maximum Gasteiger partial charge on any atom is 0.128 e. The van der Waals surface area contributed by atoms with Crippen LogP contribution in [0, 0.1) is 11.7 Å². The molecule has 0 amide bonds. The third-order valence-corrected chi connectivity index (χ3v) is 4.63. The van der Waals surface area contributed by atoms with E-state index in [0.717, 1.165) is 24.9 Å². The summed E-state index contributed by atoms with van der Waals surface area (Å²) in [4.78, 5) is 2.45. The molecular weight excluding hydrogens is 263 g/mol. The predicted molar refractivity (Wildman–Crippen MR) is 75.7 cm³/mol. The van der Waals surface area contributed by atoms with Crippen molar-refractivity contribution in [2.45, 2.75) is 37.8 Å². The molecule has 2 unspecified atom stereocenters. The van der Waals surface area contributed by atoms with Gasteiger partial charge in [0.15, 0.2) is 0 Å². The van der Waals surface area contributed by atoms with Crippen LogP contribution < -0.4 is 5.73 Å². The molecule has 1 heterocycles. The number of benzene rings is 1. The molecule has 2 atom stereocenters. The zero-order valence-electron chi connectivity index (χ0n) is 11.0. The van der Waals surface area contributed by atoms with Gasteiger partial charge in [-0.15, -0.1) is 0 Å². The first-order valence-corrected chi connectivity index (χ1v) is 7.49. The zero-order valence-corrected chi connectivity index (χ0v) is 11.7. The van der Waals surface area contributed by atoms with Crippen LogP contribution in [0.1, 0.15) is 37.3 Å². The van der Waals surface area contributed by atoms with Crippen LogP contribution in [0.15, 0.2) is 18.2 Å². The molecule has 1 saturated carbocycles. The van der Waals surface area contributed by atoms with Crippen molar-refractivity contribution < 1.29 is 4.39 Å². The van der Waals surface area contributed by atoms with Gasteiger partial charge in [0, 0.05) is 22.7 Å². The molecule has 1 aromatic carbocycles. The molecule has 3 rings (SSSR count). The molecule has 4 heteroatoms. The van der Waals surface area contributed by atoms with Crippen LogP contribution in [-0.2, 0) is 0 Å². The molecule has 2 fully saturated rings. The number of likely N-dealkylation sites (tertiary alicyclic amines) is 1. The number of nitrogens with two attached hydrogens (primary N) is 1. The summed E-state index contributed by atoms with van der Waals surface area (Å²) in [5.41, 5.74) is 6.65. The Morgan fingerprint density at radius 2 is 2.11 bits per heavy atom. The first-order chi connectivity index (χ1) is 9.20. The molecule has 1 saturated heterocycles. The minimum Gasteiger partial charge on any atom is -0.330 e. The average Bonchev–Trinajstić information content (AvgIpc) is 3.25. The van der Waals surface area contributed by atoms with Gasteiger partial charge < -0.3 is 5.73 Å². The van der Waals surface area contributed by atoms with Gasteiger partial charge >= 0.3 is 0 Å². The molecule has 0 aromatic heterocycles. The van der Waals surface area contributed by atoms with Gasteiger partial charge in [-0.2, -0.15) is 0 Å². The van der Waals surface area contributed by atoms with Crippen LogP contribution in [-0.4, -0.2) is 24.0 Å². The molecule has 0 radical (unpaired) electrons. The van der Waals surface area contributed by atoms with Crippen molar-refractivity contribution in [3.63, 3.8) is 0 Å². The van der Waals surface area contributed by atoms with E-state index in [1.807, 2.05) is 0 Å². The van der Waals surface area contributed by atoms with Crippen LogP contribution in [0.4, 0.5) is 4.39 Å². The van der Waals surface area contributed by atoms with Crippen LogP contribution in [0.3, 0.4) is 0 Å². The Labute approximate surface area is 118 Å². The third kappa shape index (κ3) is 2.64. The van der Waals surface area contributed by atoms with Gasteiger partial charge in [0.25, 0.3) is 0 Å². The second kappa shape index (κ2) is 5.39. The fourth-order valence-corrected chi connectivity index (χ4v) is 3.52. The minimum atomic E-state index is -0.152. The van der Waals surface area contributed by atoms with Crippen LogP contribution in [0.5, 0.6) is 0 Å². The van der Waals surface area contributed by atoms with Crippen LogP contribution in [0.25, 0.3) is 0 Å². The molecule has 0 bridgehead atoms. The highest BCUT2D eigenvalue weighted by Crippen LogP contribution is 2.43. The number of nitrogens with zero attached hydrogens (tertiary/aromatic N) is 1. The molecule has 19 heavy (non-hydrogen) atoms. The van der Waals surface area contributed by atoms with Gasteiger partial charge in [0.1, 0.15) is 5.82 Å². The Bertz CT molecular complexity index is 461. The van der Waals surface area contributed by atoms with Crippen molar-refractivity contribution in [2.24, 2.45) is 11.7 Å². The maximum absolute atomic E-state index is 14.2. The number of halogens is 2. The fraction of sp³-hybridized carbons (Fsp3) is 0.600. The van der Waals surface area contributed by atoms with Crippen molar-refractivity contribution >= 4 is 11.6 Å². The van der Waals surface area contributed by atoms with E-state index in [9.17, 15) is 4.39 Å². The van der Waals surface area contributed by atoms with E-state index >= 15 is 0 Å². The fourth-order valence-electron chi connectivity index (χ4n) is 3.34. The summed E-state index contributed by atoms with van der Waals surface area (Å²) in [6.45, 7) is 1.66. The molecule has 1 aliphatic carbocycles. The second-order valence-corrected chi connectivity index (χ2v) is 6.15. The van der Waals surface area contributed by atoms with E-state index < -0.39 is 0 Å². The van der Waals surface area contributed by atoms with E-state index in [0.29, 0.717) is 23.5 Å². The summed E-state index contributed by atoms with van der Waals surface area (Å²) in [5, 5.41) is 0.605. The Kier molecular flexibility index (Phi) is 3.79. The SMILES string of the molecule is NCC1CCCN(C2CC2)C1c1cc(Cl)ccc1F. The standard InChI is InChI=1S/C15H20ClFN2/c16-11-3-6-14(17)13(8-11)15-10(9-18)2-1-7-19(15)12-4-5-12/h3,6,8,10,12,15H,1-2,4-5,7,9,18H2. The zero-order chi connectivity index (χ0) is 13.4. The molecule has 2 N–H and O–H groups in total. The van der Waals surface area contributed by atoms with Crippen molar-refractivity contribution in [2.75, 3.05) is 13.1 Å². The quantitative estimate of drug-likeness (QED) is 0.921. The average molecular weight is 283 g/mol. The molecule has 2 aliphatic rings. The van der Waals surface area contributed by atoms with Gasteiger partial charge in [-0.1, -0.05) is 11.6 Å². The van der Waals surface area contributed by atoms with Crippen LogP contribution in [0.2, 0.25) is 5.02 Å². The summed E-state index contributed by atoms with van der Waals surface area (Å²) in [5.74, 6) is 0.183. The maximum atomic E-state index is 14.2. The van der Waals surface area contributed by atoms with Gasteiger partial charge in [-0.3, -0.25) is 4.90 Å². The minimum absolute atomic E-state index is 0.102. The lowest BCUT2D eigenvalue weighted by Crippen LogP contribution is -2.43. The molecule has 1 aromatic rings. The van der Waals surface area contributed by atoms with E-state index in [1.165, 1.54) is 18.9 Å². The van der Waals surface area contributed by atoms with Crippen molar-refractivity contribution in [1.29, 1.82) is 0 Å². The van der Waals surface area contributed by atoms with Gasteiger partial charge in [-0.05, 0) is 62.9 Å². The summed E-state index contributed by atoms with van der Waals surface area (Å²) < 4.78 is 14.2. The van der Waals surface area contributed by atoms with E-state index in [4.69, 9.17) is 17.3 Å². The smallest absolute Gasteiger partial charge is 0.128 e. The first kappa shape index (κ1) is 13.3. The van der Waals surface area contributed by atoms with Gasteiger partial charge in [-0.25, -0.2) is 4.39 Å². The summed E-state index contributed by atoms with van der Waals surface area (Å²) in [7, 11) is 0. The third-order valence-electron chi connectivity index (χ3n) is 4.39. The summed E-state index contributed by atoms with van der Waals surface area (Å²) in [6.07, 6.45) is 4.71. The van der Waals surface area contributed by atoms with Crippen molar-refractivity contribution in [3.8, 4) is 0 Å². The van der Waals surface area contributed by atoms with E-state index in [-0.39, 0.29) is 11.9 Å². The topological polar surface area (TPSA) is 29.3 Å². The highest BCUT2D eigenvalue weighted by Gasteiger charge is 2.40. The molecule has 104 valence electrons. The number of hydrogen-bond acceptors (Lipinski definition) is 2. The molecular formula is C15H20ClFN2. The first-order valence-electron chi connectivity index (χ1n) is 7.11. The molecule has 2 nitrogen and oxygen atoms in total. The van der Waals surface area contributed by atoms with Crippen molar-refractivity contribution in [1.82, 2.24) is 4.90 Å². The Hall–Kier alpha value is -0.640. The Morgan fingerprint density at radius 1 is 1.32 bits per heavy atom. The number of hydrogen-bond donors (Lipinski definition) is 1. The monoisotopic (exact) mass is 282 g/mol. The number of piperidine rings is 1. The highest BCUT2D eigenvalue weighted by molar-refractivity contribution is 6.30. The Morgan fingerprint density at radius 3 is 2.79 bits per heavy atom. The van der Waals surface area contributed by atoms with Crippen LogP contribution >= 0.6 is 11.6 Å². The lowest BCUT2D eigenvalue weighted by atomic mass is 9.84. The van der Waals surface area contributed by atoms with Crippen molar-refractivity contribution in [3.05, 3.63) is 34.6 Å². The van der Waals surface area contributed by atoms with Gasteiger partial charge in [0.05, 0.1) is 0 Å². The lowest BCUT2D eigenvalue weighted by Gasteiger charge is -2.41. The van der Waals surface area contributed by atoms with E-state index in [2.05, 4.69) is 4.90 Å². The second-order valence-electron chi connectivity index (χ2n) is 5.72. The number of rotatable bonds is 3. The summed E-state index contributed by atoms with van der Waals surface area (Å²) >= 11 is 6.05. The predicted octanol–water partition coefficient (Wildman–Crippen LogP) is 3.35. The van der Waals surface area contributed by atoms with E-state index in [1.54, 1.807) is 12.1 Å².